The molecule has 1 unspecified atom stereocenters. The molecule has 3 nitrogen and oxygen atoms in total. The highest BCUT2D eigenvalue weighted by Crippen LogP contribution is 2.34. The van der Waals surface area contributed by atoms with Gasteiger partial charge in [-0.05, 0) is 23.6 Å². The molecule has 0 aliphatic heterocycles. The maximum Gasteiger partial charge on any atom is 0.132 e. The first-order chi connectivity index (χ1) is 9.81. The first-order valence-corrected chi connectivity index (χ1v) is 7.79. The number of nitrogens with zero attached hydrogens (tertiary/aromatic N) is 2. The van der Waals surface area contributed by atoms with Gasteiger partial charge in [0.05, 0.1) is 11.8 Å². The van der Waals surface area contributed by atoms with Crippen LogP contribution in [0.4, 0.5) is 0 Å². The number of aliphatic hydroxyl groups excluding tert-OH is 1. The molecule has 0 spiro atoms. The molecule has 1 aromatic carbocycles. The van der Waals surface area contributed by atoms with Crippen LogP contribution in [0, 0.1) is 0 Å². The monoisotopic (exact) mass is 346 g/mol. The van der Waals surface area contributed by atoms with Gasteiger partial charge in [-0.25, -0.2) is 0 Å². The van der Waals surface area contributed by atoms with E-state index in [-0.39, 0.29) is 5.92 Å². The highest BCUT2D eigenvalue weighted by Gasteiger charge is 2.24. The van der Waals surface area contributed by atoms with Crippen molar-refractivity contribution in [1.82, 2.24) is 9.78 Å². The fourth-order valence-corrected chi connectivity index (χ4v) is 3.02. The lowest BCUT2D eigenvalue weighted by atomic mass is 9.97. The minimum absolute atomic E-state index is 0.175. The van der Waals surface area contributed by atoms with Crippen molar-refractivity contribution in [2.24, 2.45) is 7.05 Å². The van der Waals surface area contributed by atoms with Crippen LogP contribution in [0.2, 0.25) is 15.2 Å². The third-order valence-corrected chi connectivity index (χ3v) is 4.38. The van der Waals surface area contributed by atoms with Crippen LogP contribution in [0.1, 0.15) is 42.7 Å². The fraction of sp³-hybridized carbons (Fsp3) is 0.400. The molecular weight excluding hydrogens is 331 g/mol. The van der Waals surface area contributed by atoms with Gasteiger partial charge in [-0.3, -0.25) is 4.68 Å². The van der Waals surface area contributed by atoms with E-state index < -0.39 is 6.10 Å². The molecule has 1 aromatic heterocycles. The van der Waals surface area contributed by atoms with Gasteiger partial charge >= 0.3 is 0 Å². The normalized spacial score (nSPS) is 13.0. The Morgan fingerprint density at radius 3 is 2.48 bits per heavy atom. The lowest BCUT2D eigenvalue weighted by Gasteiger charge is -2.14. The van der Waals surface area contributed by atoms with Crippen LogP contribution in [0.3, 0.4) is 0 Å². The van der Waals surface area contributed by atoms with Gasteiger partial charge in [0.15, 0.2) is 0 Å². The van der Waals surface area contributed by atoms with Crippen molar-refractivity contribution in [2.75, 3.05) is 0 Å². The number of hydrogen-bond acceptors (Lipinski definition) is 2. The molecule has 0 aliphatic carbocycles. The Morgan fingerprint density at radius 2 is 1.90 bits per heavy atom. The van der Waals surface area contributed by atoms with E-state index in [9.17, 15) is 5.11 Å². The maximum atomic E-state index is 10.6. The molecule has 6 heteroatoms. The number of benzene rings is 1. The van der Waals surface area contributed by atoms with Crippen molar-refractivity contribution in [3.8, 4) is 0 Å². The Kier molecular flexibility index (Phi) is 5.20. The molecular formula is C15H17Cl3N2O. The Balaban J connectivity index is 2.34. The van der Waals surface area contributed by atoms with E-state index in [1.807, 2.05) is 19.9 Å². The van der Waals surface area contributed by atoms with Crippen LogP contribution >= 0.6 is 34.8 Å². The predicted molar refractivity (Wildman–Crippen MR) is 87.4 cm³/mol. The minimum atomic E-state index is -0.762. The van der Waals surface area contributed by atoms with E-state index in [2.05, 4.69) is 5.10 Å². The highest BCUT2D eigenvalue weighted by atomic mass is 35.5. The summed E-state index contributed by atoms with van der Waals surface area (Å²) in [6, 6.07) is 5.23. The van der Waals surface area contributed by atoms with Crippen LogP contribution in [0.5, 0.6) is 0 Å². The Labute approximate surface area is 139 Å². The average Bonchev–Trinajstić information content (AvgIpc) is 2.69. The zero-order chi connectivity index (χ0) is 15.7. The molecule has 0 bridgehead atoms. The van der Waals surface area contributed by atoms with E-state index in [4.69, 9.17) is 34.8 Å². The molecule has 0 saturated carbocycles. The zero-order valence-corrected chi connectivity index (χ0v) is 14.3. The van der Waals surface area contributed by atoms with Gasteiger partial charge in [0, 0.05) is 29.1 Å². The number of rotatable bonds is 4. The van der Waals surface area contributed by atoms with E-state index in [1.165, 1.54) is 0 Å². The Hall–Kier alpha value is -0.740. The Bertz CT molecular complexity index is 653. The summed E-state index contributed by atoms with van der Waals surface area (Å²) in [6.45, 7) is 4.04. The molecule has 0 radical (unpaired) electrons. The molecule has 2 aromatic rings. The zero-order valence-electron chi connectivity index (χ0n) is 12.1. The summed E-state index contributed by atoms with van der Waals surface area (Å²) in [7, 11) is 1.76. The molecule has 1 N–H and O–H groups in total. The van der Waals surface area contributed by atoms with Gasteiger partial charge < -0.3 is 5.11 Å². The third-order valence-electron chi connectivity index (χ3n) is 3.35. The first-order valence-electron chi connectivity index (χ1n) is 6.65. The lowest BCUT2D eigenvalue weighted by molar-refractivity contribution is 0.177. The largest absolute Gasteiger partial charge is 0.388 e. The molecule has 0 amide bonds. The van der Waals surface area contributed by atoms with Crippen molar-refractivity contribution in [1.29, 1.82) is 0 Å². The van der Waals surface area contributed by atoms with Crippen LogP contribution in [-0.2, 0) is 13.5 Å². The summed E-state index contributed by atoms with van der Waals surface area (Å²) in [6.07, 6.45) is -0.400. The standard InChI is InChI=1S/C15H17Cl3N2O/c1-8(2)14-13(15(18)20(3)19-14)12(21)6-9-4-5-10(16)7-11(9)17/h4-5,7-8,12,21H,6H2,1-3H3. The quantitative estimate of drug-likeness (QED) is 0.864. The van der Waals surface area contributed by atoms with Crippen LogP contribution < -0.4 is 0 Å². The second-order valence-electron chi connectivity index (χ2n) is 5.32. The third kappa shape index (κ3) is 3.54. The molecule has 0 aliphatic rings. The van der Waals surface area contributed by atoms with E-state index in [0.29, 0.717) is 27.2 Å². The maximum absolute atomic E-state index is 10.6. The van der Waals surface area contributed by atoms with Gasteiger partial charge in [0.2, 0.25) is 0 Å². The lowest BCUT2D eigenvalue weighted by Crippen LogP contribution is -2.06. The first kappa shape index (κ1) is 16.6. The molecule has 2 rings (SSSR count). The highest BCUT2D eigenvalue weighted by molar-refractivity contribution is 6.35. The summed E-state index contributed by atoms with van der Waals surface area (Å²) in [5.41, 5.74) is 2.29. The summed E-state index contributed by atoms with van der Waals surface area (Å²) < 4.78 is 1.58. The molecule has 0 fully saturated rings. The van der Waals surface area contributed by atoms with Gasteiger partial charge in [0.25, 0.3) is 0 Å². The molecule has 114 valence electrons. The SMILES string of the molecule is CC(C)c1nn(C)c(Cl)c1C(O)Cc1ccc(Cl)cc1Cl. The summed E-state index contributed by atoms with van der Waals surface area (Å²) in [5, 5.41) is 16.5. The average molecular weight is 348 g/mol. The van der Waals surface area contributed by atoms with Crippen LogP contribution in [0.15, 0.2) is 18.2 Å². The number of aromatic nitrogens is 2. The van der Waals surface area contributed by atoms with E-state index >= 15 is 0 Å². The molecule has 21 heavy (non-hydrogen) atoms. The summed E-state index contributed by atoms with van der Waals surface area (Å²) in [4.78, 5) is 0. The van der Waals surface area contributed by atoms with Crippen molar-refractivity contribution in [3.63, 3.8) is 0 Å². The van der Waals surface area contributed by atoms with Gasteiger partial charge in [-0.1, -0.05) is 54.7 Å². The van der Waals surface area contributed by atoms with E-state index in [0.717, 1.165) is 11.3 Å². The molecule has 0 saturated heterocycles. The van der Waals surface area contributed by atoms with Gasteiger partial charge in [-0.15, -0.1) is 0 Å². The van der Waals surface area contributed by atoms with Crippen molar-refractivity contribution < 1.29 is 5.11 Å². The number of halogens is 3. The topological polar surface area (TPSA) is 38.0 Å². The second kappa shape index (κ2) is 6.57. The molecule has 1 heterocycles. The number of hydrogen-bond donors (Lipinski definition) is 1. The summed E-state index contributed by atoms with van der Waals surface area (Å²) >= 11 is 18.3. The number of aliphatic hydroxyl groups is 1. The van der Waals surface area contributed by atoms with E-state index in [1.54, 1.807) is 23.9 Å². The van der Waals surface area contributed by atoms with Crippen molar-refractivity contribution in [2.45, 2.75) is 32.3 Å². The van der Waals surface area contributed by atoms with Gasteiger partial charge in [0.1, 0.15) is 5.15 Å². The van der Waals surface area contributed by atoms with Gasteiger partial charge in [-0.2, -0.15) is 5.10 Å². The minimum Gasteiger partial charge on any atom is -0.388 e. The van der Waals surface area contributed by atoms with Crippen LogP contribution in [0.25, 0.3) is 0 Å². The second-order valence-corrected chi connectivity index (χ2v) is 6.53. The van der Waals surface area contributed by atoms with Crippen molar-refractivity contribution >= 4 is 34.8 Å². The fourth-order valence-electron chi connectivity index (χ4n) is 2.27. The predicted octanol–water partition coefficient (Wildman–Crippen LogP) is 4.78. The smallest absolute Gasteiger partial charge is 0.132 e. The van der Waals surface area contributed by atoms with Crippen molar-refractivity contribution in [3.05, 3.63) is 50.2 Å². The number of aryl methyl sites for hydroxylation is 1. The molecule has 1 atom stereocenters. The summed E-state index contributed by atoms with van der Waals surface area (Å²) in [5.74, 6) is 0.175. The Morgan fingerprint density at radius 1 is 1.24 bits per heavy atom. The van der Waals surface area contributed by atoms with Crippen LogP contribution in [-0.4, -0.2) is 14.9 Å².